The quantitative estimate of drug-likeness (QED) is 0.896. The first-order valence-corrected chi connectivity index (χ1v) is 6.71. The Labute approximate surface area is 110 Å². The first-order chi connectivity index (χ1) is 8.16. The van der Waals surface area contributed by atoms with Gasteiger partial charge in [-0.25, -0.2) is 0 Å². The topological polar surface area (TPSA) is 41.1 Å². The fourth-order valence-corrected chi connectivity index (χ4v) is 2.35. The van der Waals surface area contributed by atoms with Gasteiger partial charge in [0.05, 0.1) is 6.04 Å². The molecule has 0 radical (unpaired) electrons. The van der Waals surface area contributed by atoms with E-state index in [1.165, 1.54) is 0 Å². The fraction of sp³-hybridized carbons (Fsp3) is 0.462. The molecule has 1 aromatic carbocycles. The van der Waals surface area contributed by atoms with Crippen LogP contribution in [0.1, 0.15) is 18.9 Å². The van der Waals surface area contributed by atoms with Crippen molar-refractivity contribution in [3.63, 3.8) is 0 Å². The second-order valence-electron chi connectivity index (χ2n) is 4.54. The predicted molar refractivity (Wildman–Crippen MR) is 71.6 cm³/mol. The Morgan fingerprint density at radius 1 is 1.47 bits per heavy atom. The Kier molecular flexibility index (Phi) is 4.18. The summed E-state index contributed by atoms with van der Waals surface area (Å²) in [6, 6.07) is 7.96. The largest absolute Gasteiger partial charge is 0.351 e. The van der Waals surface area contributed by atoms with E-state index in [0.29, 0.717) is 12.5 Å². The van der Waals surface area contributed by atoms with Gasteiger partial charge in [-0.1, -0.05) is 35.0 Å². The predicted octanol–water partition coefficient (Wildman–Crippen LogP) is 2.06. The molecule has 0 spiro atoms. The molecule has 0 saturated carbocycles. The van der Waals surface area contributed by atoms with Crippen LogP contribution >= 0.6 is 15.9 Å². The van der Waals surface area contributed by atoms with Crippen molar-refractivity contribution in [2.75, 3.05) is 6.54 Å². The lowest BCUT2D eigenvalue weighted by atomic mass is 10.0. The van der Waals surface area contributed by atoms with E-state index in [0.717, 1.165) is 23.0 Å². The Bertz CT molecular complexity index is 391. The summed E-state index contributed by atoms with van der Waals surface area (Å²) in [5.74, 6) is 0.540. The molecule has 2 N–H and O–H groups in total. The molecule has 4 heteroatoms. The number of rotatable bonds is 3. The number of hydrogen-bond acceptors (Lipinski definition) is 2. The van der Waals surface area contributed by atoms with Crippen LogP contribution in [0.4, 0.5) is 0 Å². The Morgan fingerprint density at radius 3 is 2.76 bits per heavy atom. The van der Waals surface area contributed by atoms with Crippen molar-refractivity contribution in [3.8, 4) is 0 Å². The minimum atomic E-state index is -0.0227. The molecule has 3 nitrogen and oxygen atoms in total. The Morgan fingerprint density at radius 2 is 2.18 bits per heavy atom. The summed E-state index contributed by atoms with van der Waals surface area (Å²) in [4.78, 5) is 11.9. The second-order valence-corrected chi connectivity index (χ2v) is 5.46. The van der Waals surface area contributed by atoms with E-state index in [1.54, 1.807) is 0 Å². The number of amides is 1. The molecule has 1 aliphatic heterocycles. The summed E-state index contributed by atoms with van der Waals surface area (Å²) < 4.78 is 1.05. The molecule has 1 saturated heterocycles. The Hall–Kier alpha value is -0.870. The van der Waals surface area contributed by atoms with Crippen LogP contribution < -0.4 is 10.6 Å². The maximum Gasteiger partial charge on any atom is 0.237 e. The van der Waals surface area contributed by atoms with Crippen molar-refractivity contribution in [1.29, 1.82) is 0 Å². The standard InChI is InChI=1S/C13H17BrN2O/c1-9-6-7-15-12(9)13(17)16-8-10-2-4-11(14)5-3-10/h2-5,9,12,15H,6-8H2,1H3,(H,16,17). The van der Waals surface area contributed by atoms with Crippen LogP contribution in [0.3, 0.4) is 0 Å². The zero-order valence-corrected chi connectivity index (χ0v) is 11.5. The highest BCUT2D eigenvalue weighted by atomic mass is 79.9. The molecule has 1 heterocycles. The van der Waals surface area contributed by atoms with Crippen molar-refractivity contribution in [2.45, 2.75) is 25.9 Å². The molecule has 0 aliphatic carbocycles. The number of nitrogens with one attached hydrogen (secondary N) is 2. The number of carbonyl (C=O) groups excluding carboxylic acids is 1. The molecule has 1 amide bonds. The van der Waals surface area contributed by atoms with Gasteiger partial charge in [0, 0.05) is 11.0 Å². The van der Waals surface area contributed by atoms with Crippen LogP contribution in [0, 0.1) is 5.92 Å². The summed E-state index contributed by atoms with van der Waals surface area (Å²) in [5, 5.41) is 6.21. The lowest BCUT2D eigenvalue weighted by Gasteiger charge is -2.15. The van der Waals surface area contributed by atoms with E-state index in [2.05, 4.69) is 33.5 Å². The fourth-order valence-electron chi connectivity index (χ4n) is 2.09. The van der Waals surface area contributed by atoms with Crippen LogP contribution in [0.15, 0.2) is 28.7 Å². The van der Waals surface area contributed by atoms with E-state index in [1.807, 2.05) is 24.3 Å². The number of carbonyl (C=O) groups is 1. The normalized spacial score (nSPS) is 23.6. The summed E-state index contributed by atoms with van der Waals surface area (Å²) >= 11 is 3.39. The van der Waals surface area contributed by atoms with Gasteiger partial charge >= 0.3 is 0 Å². The van der Waals surface area contributed by atoms with Gasteiger partial charge in [0.1, 0.15) is 0 Å². The molecule has 0 aromatic heterocycles. The molecule has 1 aliphatic rings. The molecule has 1 aromatic rings. The highest BCUT2D eigenvalue weighted by Crippen LogP contribution is 2.15. The monoisotopic (exact) mass is 296 g/mol. The van der Waals surface area contributed by atoms with Crippen LogP contribution in [-0.4, -0.2) is 18.5 Å². The number of halogens is 1. The van der Waals surface area contributed by atoms with Crippen molar-refractivity contribution in [3.05, 3.63) is 34.3 Å². The summed E-state index contributed by atoms with van der Waals surface area (Å²) in [5.41, 5.74) is 1.12. The van der Waals surface area contributed by atoms with E-state index in [9.17, 15) is 4.79 Å². The maximum atomic E-state index is 11.9. The molecule has 2 unspecified atom stereocenters. The molecular formula is C13H17BrN2O. The average Bonchev–Trinajstić information content (AvgIpc) is 2.74. The second kappa shape index (κ2) is 5.65. The zero-order valence-electron chi connectivity index (χ0n) is 9.87. The first-order valence-electron chi connectivity index (χ1n) is 5.92. The van der Waals surface area contributed by atoms with Gasteiger partial charge in [0.15, 0.2) is 0 Å². The zero-order chi connectivity index (χ0) is 12.3. The summed E-state index contributed by atoms with van der Waals surface area (Å²) in [6.45, 7) is 3.65. The van der Waals surface area contributed by atoms with Crippen molar-refractivity contribution in [1.82, 2.24) is 10.6 Å². The van der Waals surface area contributed by atoms with Gasteiger partial charge in [-0.3, -0.25) is 4.79 Å². The van der Waals surface area contributed by atoms with Crippen LogP contribution in [0.5, 0.6) is 0 Å². The van der Waals surface area contributed by atoms with Crippen molar-refractivity contribution >= 4 is 21.8 Å². The lowest BCUT2D eigenvalue weighted by Crippen LogP contribution is -2.42. The first kappa shape index (κ1) is 12.6. The summed E-state index contributed by atoms with van der Waals surface area (Å²) in [7, 11) is 0. The van der Waals surface area contributed by atoms with Crippen LogP contribution in [0.25, 0.3) is 0 Å². The van der Waals surface area contributed by atoms with E-state index >= 15 is 0 Å². The third-order valence-corrected chi connectivity index (χ3v) is 3.72. The van der Waals surface area contributed by atoms with Gasteiger partial charge in [-0.05, 0) is 36.6 Å². The SMILES string of the molecule is CC1CCNC1C(=O)NCc1ccc(Br)cc1. The highest BCUT2D eigenvalue weighted by Gasteiger charge is 2.28. The highest BCUT2D eigenvalue weighted by molar-refractivity contribution is 9.10. The van der Waals surface area contributed by atoms with Gasteiger partial charge < -0.3 is 10.6 Å². The minimum absolute atomic E-state index is 0.0227. The Balaban J connectivity index is 1.85. The minimum Gasteiger partial charge on any atom is -0.351 e. The smallest absolute Gasteiger partial charge is 0.237 e. The molecular weight excluding hydrogens is 280 g/mol. The average molecular weight is 297 g/mol. The molecule has 1 fully saturated rings. The van der Waals surface area contributed by atoms with E-state index in [4.69, 9.17) is 0 Å². The van der Waals surface area contributed by atoms with Gasteiger partial charge in [-0.15, -0.1) is 0 Å². The van der Waals surface area contributed by atoms with Gasteiger partial charge in [0.25, 0.3) is 0 Å². The van der Waals surface area contributed by atoms with Gasteiger partial charge in [-0.2, -0.15) is 0 Å². The third kappa shape index (κ3) is 3.30. The number of benzene rings is 1. The molecule has 17 heavy (non-hydrogen) atoms. The van der Waals surface area contributed by atoms with Crippen LogP contribution in [-0.2, 0) is 11.3 Å². The number of hydrogen-bond donors (Lipinski definition) is 2. The van der Waals surface area contributed by atoms with Crippen molar-refractivity contribution in [2.24, 2.45) is 5.92 Å². The summed E-state index contributed by atoms with van der Waals surface area (Å²) in [6.07, 6.45) is 1.08. The molecule has 92 valence electrons. The molecule has 0 bridgehead atoms. The third-order valence-electron chi connectivity index (χ3n) is 3.20. The van der Waals surface area contributed by atoms with E-state index in [-0.39, 0.29) is 11.9 Å². The van der Waals surface area contributed by atoms with Gasteiger partial charge in [0.2, 0.25) is 5.91 Å². The van der Waals surface area contributed by atoms with Crippen molar-refractivity contribution < 1.29 is 4.79 Å². The molecule has 2 atom stereocenters. The lowest BCUT2D eigenvalue weighted by molar-refractivity contribution is -0.123. The van der Waals surface area contributed by atoms with E-state index < -0.39 is 0 Å². The molecule has 2 rings (SSSR count). The maximum absolute atomic E-state index is 11.9. The van der Waals surface area contributed by atoms with Crippen LogP contribution in [0.2, 0.25) is 0 Å².